The number of piperidine rings is 1. The highest BCUT2D eigenvalue weighted by molar-refractivity contribution is 6.38. The number of nitrogens with one attached hydrogen (secondary N) is 4. The van der Waals surface area contributed by atoms with Crippen molar-refractivity contribution in [1.29, 1.82) is 0 Å². The van der Waals surface area contributed by atoms with Crippen LogP contribution in [0.1, 0.15) is 54.4 Å². The number of hydrogen-bond donors (Lipinski definition) is 4. The molecular formula is C25H41N5O5. The van der Waals surface area contributed by atoms with Gasteiger partial charge in [-0.15, -0.1) is 6.58 Å². The zero-order valence-corrected chi connectivity index (χ0v) is 22.0. The van der Waals surface area contributed by atoms with Crippen molar-refractivity contribution in [3.05, 3.63) is 12.7 Å². The lowest BCUT2D eigenvalue weighted by atomic mass is 9.85. The number of nitrogens with zero attached hydrogens (tertiary/aromatic N) is 1. The minimum absolute atomic E-state index is 0.0703. The average Bonchev–Trinajstić information content (AvgIpc) is 3.12. The molecule has 1 saturated carbocycles. The lowest BCUT2D eigenvalue weighted by Gasteiger charge is -2.37. The Bertz CT molecular complexity index is 878. The van der Waals surface area contributed by atoms with Gasteiger partial charge >= 0.3 is 6.03 Å². The fourth-order valence-electron chi connectivity index (χ4n) is 5.06. The van der Waals surface area contributed by atoms with Gasteiger partial charge in [0.1, 0.15) is 12.1 Å². The van der Waals surface area contributed by atoms with Crippen molar-refractivity contribution in [2.24, 2.45) is 22.7 Å². The highest BCUT2D eigenvalue weighted by Crippen LogP contribution is 2.65. The molecule has 1 unspecified atom stereocenters. The van der Waals surface area contributed by atoms with Crippen LogP contribution in [0.2, 0.25) is 0 Å². The molecule has 2 fully saturated rings. The number of hydrogen-bond acceptors (Lipinski definition) is 5. The van der Waals surface area contributed by atoms with E-state index in [-0.39, 0.29) is 29.7 Å². The van der Waals surface area contributed by atoms with Crippen molar-refractivity contribution in [2.45, 2.75) is 72.5 Å². The van der Waals surface area contributed by atoms with E-state index in [1.54, 1.807) is 0 Å². The number of carbonyl (C=O) groups is 5. The topological polar surface area (TPSA) is 137 Å². The number of carbonyl (C=O) groups excluding carboxylic acids is 5. The first kappa shape index (κ1) is 28.3. The zero-order chi connectivity index (χ0) is 26.7. The van der Waals surface area contributed by atoms with Crippen molar-refractivity contribution >= 4 is 29.5 Å². The maximum Gasteiger partial charge on any atom is 0.315 e. The summed E-state index contributed by atoms with van der Waals surface area (Å²) in [6, 6.07) is -3.11. The van der Waals surface area contributed by atoms with E-state index in [1.165, 1.54) is 18.0 Å². The third kappa shape index (κ3) is 6.02. The van der Waals surface area contributed by atoms with Crippen LogP contribution in [0.25, 0.3) is 0 Å². The second-order valence-corrected chi connectivity index (χ2v) is 11.1. The van der Waals surface area contributed by atoms with E-state index in [0.29, 0.717) is 19.4 Å². The van der Waals surface area contributed by atoms with Gasteiger partial charge in [-0.3, -0.25) is 19.2 Å². The summed E-state index contributed by atoms with van der Waals surface area (Å²) in [5, 5.41) is 10.4. The van der Waals surface area contributed by atoms with Crippen LogP contribution in [-0.4, -0.2) is 72.7 Å². The van der Waals surface area contributed by atoms with Gasteiger partial charge in [0.25, 0.3) is 5.91 Å². The van der Waals surface area contributed by atoms with Gasteiger partial charge in [-0.1, -0.05) is 54.0 Å². The van der Waals surface area contributed by atoms with E-state index >= 15 is 0 Å². The first-order chi connectivity index (χ1) is 16.2. The molecular weight excluding hydrogens is 450 g/mol. The molecule has 35 heavy (non-hydrogen) atoms. The minimum atomic E-state index is -0.988. The number of fused-ring (bicyclic) bond motifs is 1. The predicted molar refractivity (Wildman–Crippen MR) is 132 cm³/mol. The average molecular weight is 492 g/mol. The second kappa shape index (κ2) is 10.8. The lowest BCUT2D eigenvalue weighted by molar-refractivity contribution is -0.145. The van der Waals surface area contributed by atoms with Gasteiger partial charge in [0.2, 0.25) is 17.6 Å². The van der Waals surface area contributed by atoms with Crippen molar-refractivity contribution in [3.63, 3.8) is 0 Å². The maximum atomic E-state index is 13.7. The van der Waals surface area contributed by atoms with Crippen molar-refractivity contribution in [2.75, 3.05) is 20.1 Å². The number of rotatable bonds is 10. The lowest BCUT2D eigenvalue weighted by Crippen LogP contribution is -2.61. The van der Waals surface area contributed by atoms with Crippen LogP contribution in [-0.2, 0) is 19.2 Å². The Kier molecular flexibility index (Phi) is 8.73. The van der Waals surface area contributed by atoms with E-state index < -0.39 is 47.2 Å². The van der Waals surface area contributed by atoms with E-state index in [2.05, 4.69) is 41.7 Å². The number of amides is 5. The second-order valence-electron chi connectivity index (χ2n) is 11.1. The number of Topliss-reactive ketones (excluding diaryl/α,β-unsaturated/α-hetero) is 1. The summed E-state index contributed by atoms with van der Waals surface area (Å²) >= 11 is 0. The normalized spacial score (nSPS) is 23.9. The van der Waals surface area contributed by atoms with Crippen molar-refractivity contribution < 1.29 is 24.0 Å². The standard InChI is InChI=1S/C25H41N5O5/c1-9-11-15(18(31)21(33)27-12-10-2)28-20(32)17-16-14(25(16,6)7)13-30(17)22(34)19(24(3,4)5)29-23(35)26-8/h10,14-17,19H,2,9,11-13H2,1,3-8H3,(H,27,33)(H,28,32)(H2,26,29,35)/t14-,15?,16-,17-,19+/m0/s1. The maximum absolute atomic E-state index is 13.7. The Hall–Kier alpha value is -2.91. The van der Waals surface area contributed by atoms with Gasteiger partial charge in [0, 0.05) is 20.1 Å². The van der Waals surface area contributed by atoms with Gasteiger partial charge in [0.05, 0.1) is 6.04 Å². The van der Waals surface area contributed by atoms with E-state index in [0.717, 1.165) is 0 Å². The molecule has 0 aromatic heterocycles. The summed E-state index contributed by atoms with van der Waals surface area (Å²) in [7, 11) is 1.47. The fraction of sp³-hybridized carbons (Fsp3) is 0.720. The molecule has 4 N–H and O–H groups in total. The molecule has 0 aromatic carbocycles. The van der Waals surface area contributed by atoms with Gasteiger partial charge in [-0.25, -0.2) is 4.79 Å². The van der Waals surface area contributed by atoms with Crippen LogP contribution in [0.15, 0.2) is 12.7 Å². The summed E-state index contributed by atoms with van der Waals surface area (Å²) < 4.78 is 0. The first-order valence-corrected chi connectivity index (χ1v) is 12.2. The molecule has 5 amide bonds. The predicted octanol–water partition coefficient (Wildman–Crippen LogP) is 0.969. The molecule has 2 aliphatic rings. The number of urea groups is 1. The van der Waals surface area contributed by atoms with Crippen LogP contribution < -0.4 is 21.3 Å². The molecule has 1 aliphatic carbocycles. The Balaban J connectivity index is 2.29. The summed E-state index contributed by atoms with van der Waals surface area (Å²) in [6.07, 6.45) is 2.35. The van der Waals surface area contributed by atoms with Crippen LogP contribution in [0.5, 0.6) is 0 Å². The highest BCUT2D eigenvalue weighted by atomic mass is 16.2. The molecule has 10 heteroatoms. The van der Waals surface area contributed by atoms with Crippen LogP contribution >= 0.6 is 0 Å². The smallest absolute Gasteiger partial charge is 0.315 e. The molecule has 10 nitrogen and oxygen atoms in total. The Labute approximate surface area is 208 Å². The third-order valence-electron chi connectivity index (χ3n) is 7.22. The van der Waals surface area contributed by atoms with Gasteiger partial charge in [-0.2, -0.15) is 0 Å². The monoisotopic (exact) mass is 491 g/mol. The van der Waals surface area contributed by atoms with Crippen molar-refractivity contribution in [1.82, 2.24) is 26.2 Å². The van der Waals surface area contributed by atoms with Crippen LogP contribution in [0.3, 0.4) is 0 Å². The van der Waals surface area contributed by atoms with E-state index in [1.807, 2.05) is 27.7 Å². The summed E-state index contributed by atoms with van der Waals surface area (Å²) in [4.78, 5) is 65.8. The van der Waals surface area contributed by atoms with E-state index in [4.69, 9.17) is 0 Å². The molecule has 1 aliphatic heterocycles. The Morgan fingerprint density at radius 3 is 2.29 bits per heavy atom. The molecule has 1 saturated heterocycles. The van der Waals surface area contributed by atoms with Gasteiger partial charge in [-0.05, 0) is 29.1 Å². The number of ketones is 1. The summed E-state index contributed by atoms with van der Waals surface area (Å²) in [6.45, 7) is 15.6. The summed E-state index contributed by atoms with van der Waals surface area (Å²) in [5.74, 6) is -2.23. The molecule has 196 valence electrons. The Morgan fingerprint density at radius 1 is 1.14 bits per heavy atom. The molecule has 5 atom stereocenters. The molecule has 0 bridgehead atoms. The third-order valence-corrected chi connectivity index (χ3v) is 7.22. The van der Waals surface area contributed by atoms with Gasteiger partial charge in [0.15, 0.2) is 0 Å². The molecule has 0 spiro atoms. The van der Waals surface area contributed by atoms with Gasteiger partial charge < -0.3 is 26.2 Å². The van der Waals surface area contributed by atoms with E-state index in [9.17, 15) is 24.0 Å². The molecule has 2 rings (SSSR count). The quantitative estimate of drug-likeness (QED) is 0.267. The van der Waals surface area contributed by atoms with Crippen molar-refractivity contribution in [3.8, 4) is 0 Å². The molecule has 0 aromatic rings. The van der Waals surface area contributed by atoms with Crippen LogP contribution in [0.4, 0.5) is 4.79 Å². The molecule has 0 radical (unpaired) electrons. The summed E-state index contributed by atoms with van der Waals surface area (Å²) in [5.41, 5.74) is -0.729. The minimum Gasteiger partial charge on any atom is -0.346 e. The van der Waals surface area contributed by atoms with Crippen LogP contribution in [0, 0.1) is 22.7 Å². The molecule has 1 heterocycles. The zero-order valence-electron chi connectivity index (χ0n) is 22.0. The SMILES string of the molecule is C=CCNC(=O)C(=O)C(CCC)NC(=O)[C@@H]1[C@@H]2[C@H](CN1C(=O)[C@@H](NC(=O)NC)C(C)(C)C)C2(C)C. The number of likely N-dealkylation sites (tertiary alicyclic amines) is 1. The highest BCUT2D eigenvalue weighted by Gasteiger charge is 2.69. The fourth-order valence-corrected chi connectivity index (χ4v) is 5.06. The Morgan fingerprint density at radius 2 is 1.77 bits per heavy atom. The first-order valence-electron chi connectivity index (χ1n) is 12.2. The largest absolute Gasteiger partial charge is 0.346 e.